The Hall–Kier alpha value is -2.71. The van der Waals surface area contributed by atoms with Crippen molar-refractivity contribution < 1.29 is 33.0 Å². The summed E-state index contributed by atoms with van der Waals surface area (Å²) in [6, 6.07) is 3.67. The van der Waals surface area contributed by atoms with Crippen molar-refractivity contribution in [1.29, 1.82) is 0 Å². The fourth-order valence-corrected chi connectivity index (χ4v) is 2.54. The van der Waals surface area contributed by atoms with Gasteiger partial charge in [-0.1, -0.05) is 0 Å². The third-order valence-electron chi connectivity index (χ3n) is 3.84. The highest BCUT2D eigenvalue weighted by atomic mass is 19.3. The molecule has 26 heavy (non-hydrogen) atoms. The van der Waals surface area contributed by atoms with Gasteiger partial charge in [0.05, 0.1) is 6.61 Å². The molecular formula is C17H20F2N2O5. The van der Waals surface area contributed by atoms with E-state index in [2.05, 4.69) is 10.6 Å². The van der Waals surface area contributed by atoms with E-state index in [9.17, 15) is 23.2 Å². The van der Waals surface area contributed by atoms with Gasteiger partial charge < -0.3 is 20.5 Å². The van der Waals surface area contributed by atoms with E-state index in [-0.39, 0.29) is 18.9 Å². The first-order valence-electron chi connectivity index (χ1n) is 8.21. The molecule has 142 valence electrons. The quantitative estimate of drug-likeness (QED) is 0.577. The molecule has 1 unspecified atom stereocenters. The Kier molecular flexibility index (Phi) is 6.88. The molecule has 1 heterocycles. The molecule has 9 heteroatoms. The largest absolute Gasteiger partial charge is 0.494 e. The number of hydrogen-bond acceptors (Lipinski definition) is 4. The van der Waals surface area contributed by atoms with Crippen LogP contribution in [0.2, 0.25) is 0 Å². The number of alkyl halides is 2. The number of anilines is 1. The minimum absolute atomic E-state index is 0.0244. The van der Waals surface area contributed by atoms with Gasteiger partial charge in [-0.15, -0.1) is 0 Å². The highest BCUT2D eigenvalue weighted by molar-refractivity contribution is 5.94. The third kappa shape index (κ3) is 5.98. The lowest BCUT2D eigenvalue weighted by atomic mass is 10.0. The molecule has 7 nitrogen and oxygen atoms in total. The maximum atomic E-state index is 12.3. The van der Waals surface area contributed by atoms with E-state index in [0.29, 0.717) is 25.0 Å². The van der Waals surface area contributed by atoms with Gasteiger partial charge in [-0.3, -0.25) is 9.59 Å². The highest BCUT2D eigenvalue weighted by Gasteiger charge is 2.23. The fourth-order valence-electron chi connectivity index (χ4n) is 2.54. The topological polar surface area (TPSA) is 105 Å². The molecule has 1 aliphatic rings. The van der Waals surface area contributed by atoms with Gasteiger partial charge in [0, 0.05) is 24.9 Å². The predicted molar refractivity (Wildman–Crippen MR) is 88.3 cm³/mol. The molecule has 3 N–H and O–H groups in total. The standard InChI is InChI=1S/C17H20F2N2O5/c18-14(19)9-13(17(24)25)21-15(22)2-1-7-26-11-4-5-12-10(8-11)3-6-16(23)20-12/h4-5,8,13-14H,1-3,6-7,9H2,(H,20,23)(H,21,22)(H,24,25). The Morgan fingerprint density at radius 2 is 2.08 bits per heavy atom. The number of hydrogen-bond donors (Lipinski definition) is 3. The van der Waals surface area contributed by atoms with Crippen LogP contribution in [-0.4, -0.2) is 42.0 Å². The molecule has 0 bridgehead atoms. The minimum atomic E-state index is -2.81. The number of benzene rings is 1. The van der Waals surface area contributed by atoms with Crippen LogP contribution < -0.4 is 15.4 Å². The van der Waals surface area contributed by atoms with E-state index >= 15 is 0 Å². The fraction of sp³-hybridized carbons (Fsp3) is 0.471. The second-order valence-electron chi connectivity index (χ2n) is 5.90. The van der Waals surface area contributed by atoms with Crippen LogP contribution in [0.5, 0.6) is 5.75 Å². The average Bonchev–Trinajstić information content (AvgIpc) is 2.57. The van der Waals surface area contributed by atoms with Crippen LogP contribution in [0.25, 0.3) is 0 Å². The molecule has 0 aliphatic carbocycles. The van der Waals surface area contributed by atoms with Crippen molar-refractivity contribution in [2.24, 2.45) is 0 Å². The lowest BCUT2D eigenvalue weighted by Crippen LogP contribution is -2.42. The molecule has 2 amide bonds. The monoisotopic (exact) mass is 370 g/mol. The zero-order valence-corrected chi connectivity index (χ0v) is 14.0. The van der Waals surface area contributed by atoms with Gasteiger partial charge in [-0.2, -0.15) is 0 Å². The molecule has 0 saturated heterocycles. The van der Waals surface area contributed by atoms with Crippen LogP contribution >= 0.6 is 0 Å². The SMILES string of the molecule is O=C1CCc2cc(OCCCC(=O)NC(CC(F)F)C(=O)O)ccc2N1. The summed E-state index contributed by atoms with van der Waals surface area (Å²) in [5.41, 5.74) is 1.72. The molecule has 1 aromatic carbocycles. The Morgan fingerprint density at radius 1 is 1.31 bits per heavy atom. The summed E-state index contributed by atoms with van der Waals surface area (Å²) in [6.45, 7) is 0.213. The normalized spacial score (nSPS) is 14.3. The number of carbonyl (C=O) groups is 3. The Bertz CT molecular complexity index is 681. The predicted octanol–water partition coefficient (Wildman–Crippen LogP) is 1.95. The van der Waals surface area contributed by atoms with Crippen molar-refractivity contribution in [3.8, 4) is 5.75 Å². The summed E-state index contributed by atoms with van der Waals surface area (Å²) < 4.78 is 30.1. The number of carboxylic acid groups (broad SMARTS) is 1. The number of carboxylic acids is 1. The van der Waals surface area contributed by atoms with Gasteiger partial charge in [0.2, 0.25) is 18.2 Å². The number of nitrogens with one attached hydrogen (secondary N) is 2. The van der Waals surface area contributed by atoms with Crippen LogP contribution in [-0.2, 0) is 20.8 Å². The number of amides is 2. The Morgan fingerprint density at radius 3 is 2.77 bits per heavy atom. The number of ether oxygens (including phenoxy) is 1. The van der Waals surface area contributed by atoms with Crippen LogP contribution in [0.1, 0.15) is 31.2 Å². The van der Waals surface area contributed by atoms with E-state index in [0.717, 1.165) is 11.3 Å². The van der Waals surface area contributed by atoms with Gasteiger partial charge in [0.25, 0.3) is 0 Å². The van der Waals surface area contributed by atoms with Crippen molar-refractivity contribution in [2.45, 2.75) is 44.6 Å². The molecule has 0 aromatic heterocycles. The zero-order valence-electron chi connectivity index (χ0n) is 14.0. The summed E-state index contributed by atoms with van der Waals surface area (Å²) in [5.74, 6) is -1.53. The van der Waals surface area contributed by atoms with E-state index in [1.165, 1.54) is 0 Å². The van der Waals surface area contributed by atoms with Crippen LogP contribution in [0, 0.1) is 0 Å². The van der Waals surface area contributed by atoms with Crippen molar-refractivity contribution in [2.75, 3.05) is 11.9 Å². The molecule has 0 radical (unpaired) electrons. The summed E-state index contributed by atoms with van der Waals surface area (Å²) in [6.07, 6.45) is -2.42. The third-order valence-corrected chi connectivity index (χ3v) is 3.84. The summed E-state index contributed by atoms with van der Waals surface area (Å²) in [5, 5.41) is 13.6. The van der Waals surface area contributed by atoms with Crippen LogP contribution in [0.4, 0.5) is 14.5 Å². The van der Waals surface area contributed by atoms with Crippen LogP contribution in [0.15, 0.2) is 18.2 Å². The number of halogens is 2. The second kappa shape index (κ2) is 9.12. The van der Waals surface area contributed by atoms with E-state index in [1.807, 2.05) is 6.07 Å². The maximum absolute atomic E-state index is 12.3. The van der Waals surface area contributed by atoms with Gasteiger partial charge >= 0.3 is 5.97 Å². The molecule has 1 aromatic rings. The smallest absolute Gasteiger partial charge is 0.326 e. The van der Waals surface area contributed by atoms with Gasteiger partial charge in [-0.25, -0.2) is 13.6 Å². The Balaban J connectivity index is 1.73. The molecule has 0 saturated carbocycles. The van der Waals surface area contributed by atoms with E-state index in [4.69, 9.17) is 9.84 Å². The lowest BCUT2D eigenvalue weighted by Gasteiger charge is -2.17. The first-order chi connectivity index (χ1) is 12.3. The minimum Gasteiger partial charge on any atom is -0.494 e. The highest BCUT2D eigenvalue weighted by Crippen LogP contribution is 2.26. The number of aryl methyl sites for hydroxylation is 1. The van der Waals surface area contributed by atoms with E-state index < -0.39 is 30.8 Å². The van der Waals surface area contributed by atoms with Crippen molar-refractivity contribution in [3.63, 3.8) is 0 Å². The second-order valence-corrected chi connectivity index (χ2v) is 5.90. The molecule has 1 aliphatic heterocycles. The average molecular weight is 370 g/mol. The van der Waals surface area contributed by atoms with Crippen molar-refractivity contribution in [1.82, 2.24) is 5.32 Å². The Labute approximate surface area is 148 Å². The first kappa shape index (κ1) is 19.6. The summed E-state index contributed by atoms with van der Waals surface area (Å²) in [7, 11) is 0. The molecule has 0 spiro atoms. The molecule has 0 fully saturated rings. The molecule has 2 rings (SSSR count). The van der Waals surface area contributed by atoms with Gasteiger partial charge in [0.15, 0.2) is 0 Å². The van der Waals surface area contributed by atoms with Gasteiger partial charge in [0.1, 0.15) is 11.8 Å². The first-order valence-corrected chi connectivity index (χ1v) is 8.21. The number of aliphatic carboxylic acids is 1. The molecular weight excluding hydrogens is 350 g/mol. The zero-order chi connectivity index (χ0) is 19.1. The number of carbonyl (C=O) groups excluding carboxylic acids is 2. The van der Waals surface area contributed by atoms with Crippen LogP contribution in [0.3, 0.4) is 0 Å². The van der Waals surface area contributed by atoms with Crippen molar-refractivity contribution in [3.05, 3.63) is 23.8 Å². The van der Waals surface area contributed by atoms with Crippen molar-refractivity contribution >= 4 is 23.5 Å². The maximum Gasteiger partial charge on any atom is 0.326 e. The van der Waals surface area contributed by atoms with Gasteiger partial charge in [-0.05, 0) is 36.6 Å². The lowest BCUT2D eigenvalue weighted by molar-refractivity contribution is -0.143. The summed E-state index contributed by atoms with van der Waals surface area (Å²) in [4.78, 5) is 33.8. The summed E-state index contributed by atoms with van der Waals surface area (Å²) >= 11 is 0. The van der Waals surface area contributed by atoms with E-state index in [1.54, 1.807) is 12.1 Å². The number of fused-ring (bicyclic) bond motifs is 1. The number of rotatable bonds is 9. The molecule has 1 atom stereocenters.